The standard InChI is InChI=1S/C12H8N/c1-3-7-11-9(5-1)10-6-2-4-8-12(10)13-11/h1-3,5-8,12H. The Morgan fingerprint density at radius 3 is 3.15 bits per heavy atom. The molecule has 0 aromatic heterocycles. The summed E-state index contributed by atoms with van der Waals surface area (Å²) in [5, 5.41) is 2.37. The number of nitrogens with zero attached hydrogens (tertiary/aromatic N) is 1. The monoisotopic (exact) mass is 166 g/mol. The Kier molecular flexibility index (Phi) is 1.28. The molecule has 1 aliphatic carbocycles. The summed E-state index contributed by atoms with van der Waals surface area (Å²) in [5.74, 6) is 0. The molecule has 0 spiro atoms. The number of hydrogen-bond acceptors (Lipinski definition) is 1. The largest absolute Gasteiger partial charge is 0.272 e. The lowest BCUT2D eigenvalue weighted by Crippen LogP contribution is -2.21. The predicted molar refractivity (Wildman–Crippen MR) is 51.4 cm³/mol. The first-order chi connectivity index (χ1) is 6.45. The molecule has 1 unspecified atom stereocenters. The first-order valence-corrected chi connectivity index (χ1v) is 4.38. The van der Waals surface area contributed by atoms with Gasteiger partial charge < -0.3 is 0 Å². The minimum absolute atomic E-state index is 0.211. The van der Waals surface area contributed by atoms with Crippen molar-refractivity contribution >= 4 is 5.57 Å². The van der Waals surface area contributed by atoms with Crippen LogP contribution in [0.5, 0.6) is 0 Å². The van der Waals surface area contributed by atoms with Gasteiger partial charge >= 0.3 is 0 Å². The van der Waals surface area contributed by atoms with Gasteiger partial charge in [0.1, 0.15) is 0 Å². The molecule has 1 aromatic carbocycles. The summed E-state index contributed by atoms with van der Waals surface area (Å²) in [6.07, 6.45) is 9.13. The van der Waals surface area contributed by atoms with Gasteiger partial charge in [-0.25, -0.2) is 0 Å². The maximum Gasteiger partial charge on any atom is 0.0953 e. The first-order valence-electron chi connectivity index (χ1n) is 4.38. The van der Waals surface area contributed by atoms with Crippen molar-refractivity contribution in [2.45, 2.75) is 6.04 Å². The van der Waals surface area contributed by atoms with E-state index < -0.39 is 0 Å². The molecule has 1 aromatic rings. The quantitative estimate of drug-likeness (QED) is 0.540. The first kappa shape index (κ1) is 6.84. The summed E-state index contributed by atoms with van der Waals surface area (Å²) in [4.78, 5) is 4.57. The Morgan fingerprint density at radius 2 is 2.15 bits per heavy atom. The smallest absolute Gasteiger partial charge is 0.0953 e. The fourth-order valence-corrected chi connectivity index (χ4v) is 1.81. The van der Waals surface area contributed by atoms with Crippen LogP contribution in [-0.2, 0) is 0 Å². The third-order valence-corrected chi connectivity index (χ3v) is 2.43. The number of benzene rings is 1. The van der Waals surface area contributed by atoms with Gasteiger partial charge in [0, 0.05) is 5.22 Å². The highest BCUT2D eigenvalue weighted by Crippen LogP contribution is 2.15. The second-order valence-electron chi connectivity index (χ2n) is 3.21. The van der Waals surface area contributed by atoms with E-state index in [1.165, 1.54) is 10.8 Å². The van der Waals surface area contributed by atoms with Crippen molar-refractivity contribution < 1.29 is 0 Å². The Labute approximate surface area is 76.4 Å². The molecule has 0 saturated carbocycles. The van der Waals surface area contributed by atoms with Crippen LogP contribution in [0.25, 0.3) is 5.57 Å². The third-order valence-electron chi connectivity index (χ3n) is 2.43. The second kappa shape index (κ2) is 2.43. The van der Waals surface area contributed by atoms with Gasteiger partial charge in [0.2, 0.25) is 0 Å². The van der Waals surface area contributed by atoms with Gasteiger partial charge in [-0.3, -0.25) is 4.99 Å². The predicted octanol–water partition coefficient (Wildman–Crippen LogP) is 0.768. The van der Waals surface area contributed by atoms with Gasteiger partial charge in [0.05, 0.1) is 11.4 Å². The summed E-state index contributed by atoms with van der Waals surface area (Å²) in [6.45, 7) is 0. The Morgan fingerprint density at radius 1 is 1.23 bits per heavy atom. The van der Waals surface area contributed by atoms with Gasteiger partial charge in [-0.05, 0) is 23.8 Å². The number of rotatable bonds is 0. The fourth-order valence-electron chi connectivity index (χ4n) is 1.81. The molecule has 1 atom stereocenters. The van der Waals surface area contributed by atoms with E-state index in [1.54, 1.807) is 0 Å². The van der Waals surface area contributed by atoms with Crippen LogP contribution in [0.1, 0.15) is 0 Å². The van der Waals surface area contributed by atoms with E-state index in [0.29, 0.717) is 0 Å². The van der Waals surface area contributed by atoms with Gasteiger partial charge in [-0.2, -0.15) is 0 Å². The summed E-state index contributed by atoms with van der Waals surface area (Å²) in [7, 11) is 0. The summed E-state index contributed by atoms with van der Waals surface area (Å²) in [5.41, 5.74) is 1.30. The minimum Gasteiger partial charge on any atom is -0.272 e. The van der Waals surface area contributed by atoms with Crippen molar-refractivity contribution in [1.29, 1.82) is 0 Å². The zero-order valence-electron chi connectivity index (χ0n) is 7.07. The highest BCUT2D eigenvalue weighted by atomic mass is 14.8. The van der Waals surface area contributed by atoms with E-state index >= 15 is 0 Å². The van der Waals surface area contributed by atoms with Gasteiger partial charge in [-0.15, -0.1) is 0 Å². The molecular weight excluding hydrogens is 158 g/mol. The summed E-state index contributed by atoms with van der Waals surface area (Å²) in [6, 6.07) is 8.47. The average molecular weight is 166 g/mol. The van der Waals surface area contributed by atoms with Crippen LogP contribution in [0.2, 0.25) is 0 Å². The van der Waals surface area contributed by atoms with Crippen molar-refractivity contribution in [2.75, 3.05) is 0 Å². The maximum absolute atomic E-state index is 4.57. The molecule has 3 rings (SSSR count). The van der Waals surface area contributed by atoms with E-state index in [2.05, 4.69) is 35.3 Å². The average Bonchev–Trinajstić information content (AvgIpc) is 2.56. The van der Waals surface area contributed by atoms with E-state index in [1.807, 2.05) is 18.2 Å². The van der Waals surface area contributed by atoms with Crippen molar-refractivity contribution in [2.24, 2.45) is 4.99 Å². The Hall–Kier alpha value is -1.63. The molecule has 1 heterocycles. The van der Waals surface area contributed by atoms with Crippen LogP contribution in [-0.4, -0.2) is 6.04 Å². The van der Waals surface area contributed by atoms with Crippen LogP contribution < -0.4 is 10.6 Å². The molecule has 1 nitrogen and oxygen atoms in total. The number of para-hydroxylation sites is 1. The fraction of sp³-hybridized carbons (Fsp3) is 0.0833. The summed E-state index contributed by atoms with van der Waals surface area (Å²) >= 11 is 0. The zero-order chi connectivity index (χ0) is 8.67. The SMILES string of the molecule is [C]1=CC2N=c3ccccc3=C2C=C1. The van der Waals surface area contributed by atoms with Crippen molar-refractivity contribution in [3.63, 3.8) is 0 Å². The lowest BCUT2D eigenvalue weighted by molar-refractivity contribution is 1.02. The molecule has 1 aliphatic heterocycles. The van der Waals surface area contributed by atoms with E-state index in [4.69, 9.17) is 0 Å². The Balaban J connectivity index is 2.44. The molecule has 61 valence electrons. The highest BCUT2D eigenvalue weighted by Gasteiger charge is 2.15. The van der Waals surface area contributed by atoms with Crippen LogP contribution in [0.15, 0.2) is 47.5 Å². The molecule has 0 saturated heterocycles. The van der Waals surface area contributed by atoms with E-state index in [0.717, 1.165) is 5.36 Å². The summed E-state index contributed by atoms with van der Waals surface area (Å²) < 4.78 is 0. The molecule has 1 radical (unpaired) electrons. The minimum atomic E-state index is 0.211. The molecule has 0 amide bonds. The molecule has 2 aliphatic rings. The number of allylic oxidation sites excluding steroid dienone is 2. The maximum atomic E-state index is 4.57. The molecule has 1 heteroatoms. The molecule has 0 fully saturated rings. The lowest BCUT2D eigenvalue weighted by Gasteiger charge is -2.05. The van der Waals surface area contributed by atoms with Crippen LogP contribution >= 0.6 is 0 Å². The van der Waals surface area contributed by atoms with Crippen molar-refractivity contribution in [3.8, 4) is 0 Å². The van der Waals surface area contributed by atoms with Crippen molar-refractivity contribution in [1.82, 2.24) is 0 Å². The molecule has 13 heavy (non-hydrogen) atoms. The number of fused-ring (bicyclic) bond motifs is 2. The normalized spacial score (nSPS) is 22.5. The molecular formula is C12H8N. The van der Waals surface area contributed by atoms with Gasteiger partial charge in [0.25, 0.3) is 0 Å². The zero-order valence-corrected chi connectivity index (χ0v) is 7.07. The lowest BCUT2D eigenvalue weighted by atomic mass is 10.0. The topological polar surface area (TPSA) is 12.4 Å². The van der Waals surface area contributed by atoms with Crippen LogP contribution in [0.3, 0.4) is 0 Å². The van der Waals surface area contributed by atoms with E-state index in [-0.39, 0.29) is 6.04 Å². The third kappa shape index (κ3) is 0.903. The molecule has 0 bridgehead atoms. The van der Waals surface area contributed by atoms with Crippen LogP contribution in [0, 0.1) is 6.08 Å². The van der Waals surface area contributed by atoms with Crippen molar-refractivity contribution in [3.05, 3.63) is 59.1 Å². The van der Waals surface area contributed by atoms with Gasteiger partial charge in [-0.1, -0.05) is 30.4 Å². The highest BCUT2D eigenvalue weighted by molar-refractivity contribution is 5.67. The second-order valence-corrected chi connectivity index (χ2v) is 3.21. The van der Waals surface area contributed by atoms with Crippen LogP contribution in [0.4, 0.5) is 0 Å². The Bertz CT molecular complexity index is 520. The van der Waals surface area contributed by atoms with Gasteiger partial charge in [0.15, 0.2) is 0 Å². The number of hydrogen-bond donors (Lipinski definition) is 0. The molecule has 0 N–H and O–H groups in total. The van der Waals surface area contributed by atoms with E-state index in [9.17, 15) is 0 Å².